The Morgan fingerprint density at radius 1 is 1.20 bits per heavy atom. The molecule has 0 atom stereocenters. The molecule has 2 aromatic heterocycles. The van der Waals surface area contributed by atoms with Crippen LogP contribution in [0.15, 0.2) is 40.3 Å². The number of aromatic amines is 1. The maximum Gasteiger partial charge on any atom is 0.260 e. The molecule has 0 amide bonds. The van der Waals surface area contributed by atoms with Crippen molar-refractivity contribution in [2.45, 2.75) is 25.9 Å². The number of rotatable bonds is 7. The summed E-state index contributed by atoms with van der Waals surface area (Å²) in [6, 6.07) is 10.1. The second-order valence-electron chi connectivity index (χ2n) is 5.83. The summed E-state index contributed by atoms with van der Waals surface area (Å²) in [6.07, 6.45) is 0. The van der Waals surface area contributed by atoms with Crippen molar-refractivity contribution >= 4 is 33.3 Å². The van der Waals surface area contributed by atoms with E-state index in [0.29, 0.717) is 10.5 Å². The highest BCUT2D eigenvalue weighted by atomic mass is 32.2. The molecule has 0 aliphatic carbocycles. The first-order valence-electron chi connectivity index (χ1n) is 8.58. The van der Waals surface area contributed by atoms with Crippen LogP contribution in [-0.4, -0.2) is 40.3 Å². The molecule has 0 saturated carbocycles. The zero-order valence-corrected chi connectivity index (χ0v) is 16.5. The number of nitrogens with zero attached hydrogens (tertiary/aromatic N) is 2. The third-order valence-corrected chi connectivity index (χ3v) is 6.17. The largest absolute Gasteiger partial charge is 0.303 e. The molecule has 0 spiro atoms. The fraction of sp³-hybridized carbons (Fsp3) is 0.368. The lowest BCUT2D eigenvalue weighted by molar-refractivity contribution is 0.324. The molecule has 0 unspecified atom stereocenters. The lowest BCUT2D eigenvalue weighted by Crippen LogP contribution is -2.25. The Labute approximate surface area is 156 Å². The number of fused-ring (bicyclic) bond motifs is 1. The molecule has 0 aliphatic heterocycles. The molecule has 3 aromatic rings. The van der Waals surface area contributed by atoms with Crippen LogP contribution in [0.1, 0.15) is 18.7 Å². The summed E-state index contributed by atoms with van der Waals surface area (Å²) in [5.41, 5.74) is 2.04. The Bertz CT molecular complexity index is 898. The number of hydrogen-bond donors (Lipinski definition) is 1. The van der Waals surface area contributed by atoms with E-state index in [4.69, 9.17) is 4.98 Å². The molecule has 6 heteroatoms. The van der Waals surface area contributed by atoms with E-state index in [2.05, 4.69) is 30.7 Å². The third kappa shape index (κ3) is 3.97. The van der Waals surface area contributed by atoms with Gasteiger partial charge >= 0.3 is 0 Å². The minimum Gasteiger partial charge on any atom is -0.303 e. The predicted molar refractivity (Wildman–Crippen MR) is 109 cm³/mol. The van der Waals surface area contributed by atoms with Gasteiger partial charge in [0.1, 0.15) is 4.83 Å². The van der Waals surface area contributed by atoms with Crippen molar-refractivity contribution in [3.63, 3.8) is 0 Å². The summed E-state index contributed by atoms with van der Waals surface area (Å²) < 4.78 is 0. The summed E-state index contributed by atoms with van der Waals surface area (Å²) >= 11 is 3.21. The molecule has 25 heavy (non-hydrogen) atoms. The van der Waals surface area contributed by atoms with Gasteiger partial charge in [-0.05, 0) is 25.6 Å². The maximum atomic E-state index is 12.7. The van der Waals surface area contributed by atoms with Gasteiger partial charge in [-0.15, -0.1) is 11.3 Å². The lowest BCUT2D eigenvalue weighted by atomic mass is 10.0. The number of hydrogen-bond acceptors (Lipinski definition) is 5. The fourth-order valence-corrected chi connectivity index (χ4v) is 4.90. The van der Waals surface area contributed by atoms with E-state index in [1.807, 2.05) is 30.3 Å². The van der Waals surface area contributed by atoms with Crippen LogP contribution in [-0.2, 0) is 0 Å². The van der Waals surface area contributed by atoms with Crippen LogP contribution in [0.3, 0.4) is 0 Å². The predicted octanol–water partition coefficient (Wildman–Crippen LogP) is 4.39. The van der Waals surface area contributed by atoms with Crippen LogP contribution in [0.2, 0.25) is 0 Å². The molecule has 0 saturated heterocycles. The van der Waals surface area contributed by atoms with E-state index < -0.39 is 0 Å². The van der Waals surface area contributed by atoms with Crippen LogP contribution in [0.4, 0.5) is 0 Å². The van der Waals surface area contributed by atoms with Crippen LogP contribution in [0.25, 0.3) is 21.3 Å². The van der Waals surface area contributed by atoms with Crippen molar-refractivity contribution in [1.82, 2.24) is 14.9 Å². The smallest absolute Gasteiger partial charge is 0.260 e. The third-order valence-electron chi connectivity index (χ3n) is 4.32. The number of thioether (sulfide) groups is 1. The minimum absolute atomic E-state index is 0.0430. The molecule has 0 aliphatic rings. The second kappa shape index (κ2) is 8.17. The van der Waals surface area contributed by atoms with Crippen molar-refractivity contribution in [1.29, 1.82) is 0 Å². The molecular formula is C19H23N3OS2. The fourth-order valence-electron chi connectivity index (χ4n) is 2.93. The topological polar surface area (TPSA) is 49.0 Å². The molecule has 0 radical (unpaired) electrons. The number of aromatic nitrogens is 2. The van der Waals surface area contributed by atoms with Gasteiger partial charge < -0.3 is 9.88 Å². The van der Waals surface area contributed by atoms with Gasteiger partial charge in [0.25, 0.3) is 5.56 Å². The Balaban J connectivity index is 1.90. The van der Waals surface area contributed by atoms with Gasteiger partial charge in [-0.3, -0.25) is 4.79 Å². The van der Waals surface area contributed by atoms with E-state index in [-0.39, 0.29) is 5.56 Å². The number of benzene rings is 1. The van der Waals surface area contributed by atoms with Crippen molar-refractivity contribution < 1.29 is 0 Å². The second-order valence-corrected chi connectivity index (χ2v) is 8.11. The molecule has 2 heterocycles. The SMILES string of the molecule is CCN(CC)CCSc1nc2sc(C)c(-c3ccccc3)c2c(=O)[nH]1. The van der Waals surface area contributed by atoms with Crippen molar-refractivity contribution in [2.75, 3.05) is 25.4 Å². The molecule has 1 N–H and O–H groups in total. The van der Waals surface area contributed by atoms with E-state index in [1.165, 1.54) is 0 Å². The summed E-state index contributed by atoms with van der Waals surface area (Å²) in [7, 11) is 0. The number of nitrogens with one attached hydrogen (secondary N) is 1. The standard InChI is InChI=1S/C19H23N3OS2/c1-4-22(5-2)11-12-24-19-20-17(23)16-15(13(3)25-18(16)21-19)14-9-7-6-8-10-14/h6-10H,4-5,11-12H2,1-3H3,(H,20,21,23). The molecule has 1 aromatic carbocycles. The first kappa shape index (κ1) is 18.2. The zero-order valence-electron chi connectivity index (χ0n) is 14.8. The first-order valence-corrected chi connectivity index (χ1v) is 10.4. The van der Waals surface area contributed by atoms with Crippen LogP contribution >= 0.6 is 23.1 Å². The molecular weight excluding hydrogens is 350 g/mol. The van der Waals surface area contributed by atoms with Gasteiger partial charge in [0.15, 0.2) is 5.16 Å². The Kier molecular flexibility index (Phi) is 5.93. The first-order chi connectivity index (χ1) is 12.1. The van der Waals surface area contributed by atoms with Gasteiger partial charge in [0, 0.05) is 22.7 Å². The Morgan fingerprint density at radius 3 is 2.60 bits per heavy atom. The van der Waals surface area contributed by atoms with Crippen molar-refractivity contribution in [3.8, 4) is 11.1 Å². The van der Waals surface area contributed by atoms with Gasteiger partial charge in [-0.25, -0.2) is 4.98 Å². The molecule has 132 valence electrons. The maximum absolute atomic E-state index is 12.7. The summed E-state index contributed by atoms with van der Waals surface area (Å²) in [5.74, 6) is 0.923. The summed E-state index contributed by atoms with van der Waals surface area (Å²) in [5, 5.41) is 1.42. The average molecular weight is 374 g/mol. The van der Waals surface area contributed by atoms with Gasteiger partial charge in [-0.1, -0.05) is 55.9 Å². The number of aryl methyl sites for hydroxylation is 1. The quantitative estimate of drug-likeness (QED) is 0.493. The molecule has 4 nitrogen and oxygen atoms in total. The van der Waals surface area contributed by atoms with Gasteiger partial charge in [0.05, 0.1) is 5.39 Å². The van der Waals surface area contributed by atoms with E-state index in [9.17, 15) is 4.79 Å². The van der Waals surface area contributed by atoms with Gasteiger partial charge in [-0.2, -0.15) is 0 Å². The summed E-state index contributed by atoms with van der Waals surface area (Å²) in [6.45, 7) is 9.48. The van der Waals surface area contributed by atoms with Crippen LogP contribution < -0.4 is 5.56 Å². The normalized spacial score (nSPS) is 11.5. The van der Waals surface area contributed by atoms with Crippen molar-refractivity contribution in [2.24, 2.45) is 0 Å². The average Bonchev–Trinajstić information content (AvgIpc) is 2.96. The van der Waals surface area contributed by atoms with Crippen LogP contribution in [0, 0.1) is 6.92 Å². The molecule has 3 rings (SSSR count). The molecule has 0 fully saturated rings. The van der Waals surface area contributed by atoms with E-state index in [0.717, 1.165) is 46.2 Å². The number of thiophene rings is 1. The lowest BCUT2D eigenvalue weighted by Gasteiger charge is -2.16. The van der Waals surface area contributed by atoms with E-state index >= 15 is 0 Å². The highest BCUT2D eigenvalue weighted by molar-refractivity contribution is 7.99. The van der Waals surface area contributed by atoms with E-state index in [1.54, 1.807) is 23.1 Å². The van der Waals surface area contributed by atoms with Crippen LogP contribution in [0.5, 0.6) is 0 Å². The van der Waals surface area contributed by atoms with Gasteiger partial charge in [0.2, 0.25) is 0 Å². The summed E-state index contributed by atoms with van der Waals surface area (Å²) in [4.78, 5) is 24.7. The Morgan fingerprint density at radius 2 is 1.92 bits per heavy atom. The monoisotopic (exact) mass is 373 g/mol. The highest BCUT2D eigenvalue weighted by Crippen LogP contribution is 2.35. The zero-order chi connectivity index (χ0) is 17.8. The van der Waals surface area contributed by atoms with Crippen molar-refractivity contribution in [3.05, 3.63) is 45.6 Å². The number of H-pyrrole nitrogens is 1. The molecule has 0 bridgehead atoms. The minimum atomic E-state index is -0.0430. The Hall–Kier alpha value is -1.63. The highest BCUT2D eigenvalue weighted by Gasteiger charge is 2.16.